The van der Waals surface area contributed by atoms with Crippen LogP contribution in [0.25, 0.3) is 11.7 Å². The number of nitrogens with zero attached hydrogens (tertiary/aromatic N) is 3. The van der Waals surface area contributed by atoms with Gasteiger partial charge < -0.3 is 0 Å². The Morgan fingerprint density at radius 2 is 2.21 bits per heavy atom. The van der Waals surface area contributed by atoms with Gasteiger partial charge in [-0.1, -0.05) is 17.7 Å². The SMILES string of the molecule is N#Cc1c(Cl)ccn2c(/C=C/CC(F)(F)F)cnc12. The van der Waals surface area contributed by atoms with E-state index in [0.29, 0.717) is 11.3 Å². The summed E-state index contributed by atoms with van der Waals surface area (Å²) in [5.41, 5.74) is 0.966. The van der Waals surface area contributed by atoms with Crippen LogP contribution in [0.15, 0.2) is 24.5 Å². The molecule has 98 valence electrons. The molecule has 0 saturated heterocycles. The second-order valence-electron chi connectivity index (χ2n) is 3.75. The molecule has 0 aromatic carbocycles. The number of imidazole rings is 1. The molecule has 0 radical (unpaired) electrons. The predicted octanol–water partition coefficient (Wildman–Crippen LogP) is 3.82. The van der Waals surface area contributed by atoms with E-state index >= 15 is 0 Å². The van der Waals surface area contributed by atoms with Gasteiger partial charge in [-0.3, -0.25) is 4.40 Å². The van der Waals surface area contributed by atoms with Gasteiger partial charge in [0, 0.05) is 6.20 Å². The summed E-state index contributed by atoms with van der Waals surface area (Å²) in [6, 6.07) is 3.41. The number of nitriles is 1. The molecule has 0 N–H and O–H groups in total. The minimum atomic E-state index is -4.24. The summed E-state index contributed by atoms with van der Waals surface area (Å²) in [7, 11) is 0. The van der Waals surface area contributed by atoms with Crippen molar-refractivity contribution in [1.29, 1.82) is 5.26 Å². The number of rotatable bonds is 2. The molecule has 3 nitrogen and oxygen atoms in total. The molecular weight excluding hydrogens is 279 g/mol. The van der Waals surface area contributed by atoms with Gasteiger partial charge in [-0.15, -0.1) is 0 Å². The molecule has 0 fully saturated rings. The second kappa shape index (κ2) is 4.94. The van der Waals surface area contributed by atoms with Crippen LogP contribution in [0.2, 0.25) is 5.02 Å². The molecule has 2 aromatic rings. The summed E-state index contributed by atoms with van der Waals surface area (Å²) in [6.45, 7) is 0. The van der Waals surface area contributed by atoms with Gasteiger partial charge in [0.2, 0.25) is 0 Å². The summed E-state index contributed by atoms with van der Waals surface area (Å²) < 4.78 is 37.6. The fraction of sp³-hybridized carbons (Fsp3) is 0.167. The molecule has 0 saturated carbocycles. The summed E-state index contributed by atoms with van der Waals surface area (Å²) in [5, 5.41) is 9.21. The lowest BCUT2D eigenvalue weighted by Gasteiger charge is -2.01. The maximum Gasteiger partial charge on any atom is 0.392 e. The molecule has 0 aliphatic heterocycles. The normalized spacial score (nSPS) is 12.2. The first-order valence-electron chi connectivity index (χ1n) is 5.21. The molecule has 0 bridgehead atoms. The fourth-order valence-corrected chi connectivity index (χ4v) is 1.77. The molecule has 19 heavy (non-hydrogen) atoms. The van der Waals surface area contributed by atoms with Crippen LogP contribution in [0.3, 0.4) is 0 Å². The lowest BCUT2D eigenvalue weighted by molar-refractivity contribution is -0.124. The molecule has 2 aromatic heterocycles. The van der Waals surface area contributed by atoms with Gasteiger partial charge in [0.15, 0.2) is 5.65 Å². The molecule has 0 amide bonds. The highest BCUT2D eigenvalue weighted by Crippen LogP contribution is 2.23. The van der Waals surface area contributed by atoms with Crippen LogP contribution < -0.4 is 0 Å². The maximum absolute atomic E-state index is 12.0. The molecule has 0 aliphatic rings. The van der Waals surface area contributed by atoms with E-state index in [0.717, 1.165) is 6.08 Å². The third kappa shape index (κ3) is 2.88. The number of aromatic nitrogens is 2. The number of alkyl halides is 3. The Bertz CT molecular complexity index is 680. The van der Waals surface area contributed by atoms with Crippen molar-refractivity contribution in [2.45, 2.75) is 12.6 Å². The lowest BCUT2D eigenvalue weighted by Crippen LogP contribution is -2.04. The molecule has 7 heteroatoms. The quantitative estimate of drug-likeness (QED) is 0.841. The highest BCUT2D eigenvalue weighted by atomic mass is 35.5. The van der Waals surface area contributed by atoms with Crippen LogP contribution in [0.4, 0.5) is 13.2 Å². The van der Waals surface area contributed by atoms with Gasteiger partial charge in [-0.2, -0.15) is 18.4 Å². The Balaban J connectivity index is 2.40. The number of fused-ring (bicyclic) bond motifs is 1. The Hall–Kier alpha value is -2.00. The zero-order valence-corrected chi connectivity index (χ0v) is 10.2. The van der Waals surface area contributed by atoms with Crippen molar-refractivity contribution in [2.75, 3.05) is 0 Å². The second-order valence-corrected chi connectivity index (χ2v) is 4.16. The number of hydrogen-bond acceptors (Lipinski definition) is 2. The summed E-state index contributed by atoms with van der Waals surface area (Å²) in [6.07, 6.45) is 0.00183. The van der Waals surface area contributed by atoms with E-state index in [1.54, 1.807) is 6.20 Å². The largest absolute Gasteiger partial charge is 0.392 e. The number of hydrogen-bond donors (Lipinski definition) is 0. The van der Waals surface area contributed by atoms with Crippen molar-refractivity contribution >= 4 is 23.3 Å². The average Bonchev–Trinajstić information content (AvgIpc) is 2.71. The van der Waals surface area contributed by atoms with E-state index in [1.807, 2.05) is 6.07 Å². The summed E-state index contributed by atoms with van der Waals surface area (Å²) in [4.78, 5) is 3.99. The van der Waals surface area contributed by atoms with E-state index in [1.165, 1.54) is 22.7 Å². The van der Waals surface area contributed by atoms with Gasteiger partial charge in [-0.25, -0.2) is 4.98 Å². The maximum atomic E-state index is 12.0. The molecule has 2 heterocycles. The van der Waals surface area contributed by atoms with Gasteiger partial charge in [0.05, 0.1) is 23.3 Å². The van der Waals surface area contributed by atoms with E-state index in [9.17, 15) is 13.2 Å². The van der Waals surface area contributed by atoms with Gasteiger partial charge >= 0.3 is 6.18 Å². The van der Waals surface area contributed by atoms with Gasteiger partial charge in [-0.05, 0) is 12.1 Å². The minimum absolute atomic E-state index is 0.194. The number of pyridine rings is 1. The van der Waals surface area contributed by atoms with Crippen molar-refractivity contribution < 1.29 is 13.2 Å². The van der Waals surface area contributed by atoms with Crippen molar-refractivity contribution in [1.82, 2.24) is 9.38 Å². The standard InChI is InChI=1S/C12H7ClF3N3/c13-10-3-5-19-8(2-1-4-12(14,15)16)7-18-11(19)9(10)6-17/h1-3,5,7H,4H2/b2-1+. The zero-order valence-electron chi connectivity index (χ0n) is 9.45. The van der Waals surface area contributed by atoms with E-state index in [2.05, 4.69) is 4.98 Å². The third-order valence-corrected chi connectivity index (χ3v) is 2.72. The van der Waals surface area contributed by atoms with Crippen LogP contribution in [0, 0.1) is 11.3 Å². The molecule has 0 spiro atoms. The van der Waals surface area contributed by atoms with Gasteiger partial charge in [0.1, 0.15) is 11.6 Å². The van der Waals surface area contributed by atoms with Crippen LogP contribution in [-0.2, 0) is 0 Å². The van der Waals surface area contributed by atoms with Crippen molar-refractivity contribution in [3.8, 4) is 6.07 Å². The first kappa shape index (κ1) is 13.4. The smallest absolute Gasteiger partial charge is 0.299 e. The van der Waals surface area contributed by atoms with Crippen LogP contribution in [0.5, 0.6) is 0 Å². The Kier molecular flexibility index (Phi) is 3.49. The van der Waals surface area contributed by atoms with Crippen molar-refractivity contribution in [2.24, 2.45) is 0 Å². The van der Waals surface area contributed by atoms with Crippen LogP contribution >= 0.6 is 11.6 Å². The first-order valence-corrected chi connectivity index (χ1v) is 5.59. The summed E-state index contributed by atoms with van der Waals surface area (Å²) in [5.74, 6) is 0. The Morgan fingerprint density at radius 3 is 2.84 bits per heavy atom. The van der Waals surface area contributed by atoms with Gasteiger partial charge in [0.25, 0.3) is 0 Å². The van der Waals surface area contributed by atoms with E-state index in [-0.39, 0.29) is 10.6 Å². The van der Waals surface area contributed by atoms with Crippen molar-refractivity contribution in [3.05, 3.63) is 40.8 Å². The number of halogens is 4. The Morgan fingerprint density at radius 1 is 1.47 bits per heavy atom. The van der Waals surface area contributed by atoms with E-state index in [4.69, 9.17) is 16.9 Å². The molecule has 0 aliphatic carbocycles. The number of allylic oxidation sites excluding steroid dienone is 1. The average molecular weight is 286 g/mol. The van der Waals surface area contributed by atoms with E-state index < -0.39 is 12.6 Å². The zero-order chi connectivity index (χ0) is 14.0. The van der Waals surface area contributed by atoms with Crippen molar-refractivity contribution in [3.63, 3.8) is 0 Å². The lowest BCUT2D eigenvalue weighted by atomic mass is 10.3. The van der Waals surface area contributed by atoms with Crippen LogP contribution in [-0.4, -0.2) is 15.6 Å². The first-order chi connectivity index (χ1) is 8.92. The highest BCUT2D eigenvalue weighted by Gasteiger charge is 2.24. The summed E-state index contributed by atoms with van der Waals surface area (Å²) >= 11 is 5.83. The minimum Gasteiger partial charge on any atom is -0.299 e. The molecule has 2 rings (SSSR count). The highest BCUT2D eigenvalue weighted by molar-refractivity contribution is 6.32. The molecule has 0 unspecified atom stereocenters. The Labute approximate surface area is 111 Å². The fourth-order valence-electron chi connectivity index (χ4n) is 1.59. The third-order valence-electron chi connectivity index (χ3n) is 2.41. The molecular formula is C12H7ClF3N3. The topological polar surface area (TPSA) is 41.1 Å². The van der Waals surface area contributed by atoms with Crippen LogP contribution in [0.1, 0.15) is 17.7 Å². The molecule has 0 atom stereocenters. The monoisotopic (exact) mass is 285 g/mol. The predicted molar refractivity (Wildman–Crippen MR) is 64.6 cm³/mol.